The van der Waals surface area contributed by atoms with Gasteiger partial charge in [-0.05, 0) is 6.42 Å². The summed E-state index contributed by atoms with van der Waals surface area (Å²) in [6.45, 7) is 6.79. The molecule has 1 fully saturated rings. The van der Waals surface area contributed by atoms with Crippen LogP contribution in [0.2, 0.25) is 0 Å². The maximum absolute atomic E-state index is 9.51. The molecule has 0 aromatic carbocycles. The lowest BCUT2D eigenvalue weighted by Crippen LogP contribution is -2.23. The Bertz CT molecular complexity index is 423. The lowest BCUT2D eigenvalue weighted by molar-refractivity contribution is 0.161. The molecule has 1 aromatic heterocycles. The van der Waals surface area contributed by atoms with Crippen LogP contribution in [0.3, 0.4) is 0 Å². The van der Waals surface area contributed by atoms with E-state index in [4.69, 9.17) is 4.74 Å². The first kappa shape index (κ1) is 14.2. The SMILES string of the molecule is COCC1CCN(c2cnc(C(C)C)nc2CO)C1. The van der Waals surface area contributed by atoms with E-state index in [1.54, 1.807) is 7.11 Å². The molecule has 1 N–H and O–H groups in total. The first-order valence-electron chi connectivity index (χ1n) is 6.86. The number of rotatable bonds is 5. The van der Waals surface area contributed by atoms with E-state index in [1.807, 2.05) is 6.20 Å². The number of ether oxygens (including phenoxy) is 1. The van der Waals surface area contributed by atoms with Crippen LogP contribution in [0.25, 0.3) is 0 Å². The van der Waals surface area contributed by atoms with Crippen LogP contribution >= 0.6 is 0 Å². The molecule has 19 heavy (non-hydrogen) atoms. The van der Waals surface area contributed by atoms with Crippen molar-refractivity contribution < 1.29 is 9.84 Å². The monoisotopic (exact) mass is 265 g/mol. The number of aromatic nitrogens is 2. The fraction of sp³-hybridized carbons (Fsp3) is 0.714. The van der Waals surface area contributed by atoms with E-state index < -0.39 is 0 Å². The second-order valence-electron chi connectivity index (χ2n) is 5.43. The van der Waals surface area contributed by atoms with Crippen LogP contribution in [-0.2, 0) is 11.3 Å². The van der Waals surface area contributed by atoms with Crippen molar-refractivity contribution >= 4 is 5.69 Å². The molecule has 5 heteroatoms. The van der Waals surface area contributed by atoms with Gasteiger partial charge in [-0.25, -0.2) is 9.97 Å². The second kappa shape index (κ2) is 6.30. The van der Waals surface area contributed by atoms with Gasteiger partial charge in [0.2, 0.25) is 0 Å². The molecule has 0 amide bonds. The summed E-state index contributed by atoms with van der Waals surface area (Å²) in [5.74, 6) is 1.63. The van der Waals surface area contributed by atoms with Crippen molar-refractivity contribution in [1.82, 2.24) is 9.97 Å². The predicted molar refractivity (Wildman–Crippen MR) is 74.2 cm³/mol. The normalized spacial score (nSPS) is 19.4. The maximum Gasteiger partial charge on any atom is 0.131 e. The number of aliphatic hydroxyl groups is 1. The van der Waals surface area contributed by atoms with E-state index in [0.29, 0.717) is 5.92 Å². The molecular formula is C14H23N3O2. The summed E-state index contributed by atoms with van der Waals surface area (Å²) in [6, 6.07) is 0. The Kier molecular flexibility index (Phi) is 4.71. The minimum absolute atomic E-state index is 0.0387. The lowest BCUT2D eigenvalue weighted by atomic mass is 10.1. The summed E-state index contributed by atoms with van der Waals surface area (Å²) in [7, 11) is 1.74. The number of hydrogen-bond donors (Lipinski definition) is 1. The van der Waals surface area contributed by atoms with E-state index in [1.165, 1.54) is 0 Å². The second-order valence-corrected chi connectivity index (χ2v) is 5.43. The van der Waals surface area contributed by atoms with Crippen molar-refractivity contribution in [2.75, 3.05) is 31.7 Å². The van der Waals surface area contributed by atoms with E-state index >= 15 is 0 Å². The Labute approximate surface area is 114 Å². The van der Waals surface area contributed by atoms with Crippen molar-refractivity contribution in [3.8, 4) is 0 Å². The number of aliphatic hydroxyl groups excluding tert-OH is 1. The zero-order valence-corrected chi connectivity index (χ0v) is 12.0. The predicted octanol–water partition coefficient (Wildman–Crippen LogP) is 1.56. The number of anilines is 1. The summed E-state index contributed by atoms with van der Waals surface area (Å²) in [6.07, 6.45) is 2.97. The van der Waals surface area contributed by atoms with Crippen molar-refractivity contribution in [2.45, 2.75) is 32.8 Å². The van der Waals surface area contributed by atoms with E-state index in [2.05, 4.69) is 28.7 Å². The minimum Gasteiger partial charge on any atom is -0.390 e. The average molecular weight is 265 g/mol. The molecule has 0 saturated carbocycles. The molecule has 1 aliphatic rings. The van der Waals surface area contributed by atoms with Crippen LogP contribution in [0.15, 0.2) is 6.20 Å². The third-order valence-electron chi connectivity index (χ3n) is 3.56. The summed E-state index contributed by atoms with van der Waals surface area (Å²) in [5.41, 5.74) is 1.70. The lowest BCUT2D eigenvalue weighted by Gasteiger charge is -2.21. The van der Waals surface area contributed by atoms with Crippen LogP contribution in [0.4, 0.5) is 5.69 Å². The van der Waals surface area contributed by atoms with Gasteiger partial charge in [0, 0.05) is 32.0 Å². The zero-order valence-electron chi connectivity index (χ0n) is 12.0. The Balaban J connectivity index is 2.16. The molecule has 106 valence electrons. The van der Waals surface area contributed by atoms with Gasteiger partial charge in [-0.15, -0.1) is 0 Å². The molecule has 2 rings (SSSR count). The molecule has 1 aromatic rings. The molecule has 2 heterocycles. The van der Waals surface area contributed by atoms with Crippen LogP contribution < -0.4 is 4.90 Å². The minimum atomic E-state index is -0.0387. The number of hydrogen-bond acceptors (Lipinski definition) is 5. The molecular weight excluding hydrogens is 242 g/mol. The fourth-order valence-electron chi connectivity index (χ4n) is 2.51. The third kappa shape index (κ3) is 3.22. The Morgan fingerprint density at radius 3 is 2.95 bits per heavy atom. The summed E-state index contributed by atoms with van der Waals surface area (Å²) in [5, 5.41) is 9.51. The summed E-state index contributed by atoms with van der Waals surface area (Å²) >= 11 is 0. The Morgan fingerprint density at radius 1 is 1.53 bits per heavy atom. The van der Waals surface area contributed by atoms with Gasteiger partial charge in [-0.1, -0.05) is 13.8 Å². The molecule has 0 bridgehead atoms. The van der Waals surface area contributed by atoms with Crippen LogP contribution in [0.5, 0.6) is 0 Å². The summed E-state index contributed by atoms with van der Waals surface area (Å²) in [4.78, 5) is 11.1. The van der Waals surface area contributed by atoms with Crippen LogP contribution in [0.1, 0.15) is 37.7 Å². The smallest absolute Gasteiger partial charge is 0.131 e. The van der Waals surface area contributed by atoms with Gasteiger partial charge in [-0.2, -0.15) is 0 Å². The van der Waals surface area contributed by atoms with Gasteiger partial charge in [-0.3, -0.25) is 0 Å². The molecule has 1 atom stereocenters. The highest BCUT2D eigenvalue weighted by Gasteiger charge is 2.25. The largest absolute Gasteiger partial charge is 0.390 e. The highest BCUT2D eigenvalue weighted by atomic mass is 16.5. The molecule has 1 aliphatic heterocycles. The molecule has 0 aliphatic carbocycles. The van der Waals surface area contributed by atoms with Crippen molar-refractivity contribution in [1.29, 1.82) is 0 Å². The fourth-order valence-corrected chi connectivity index (χ4v) is 2.51. The molecule has 1 unspecified atom stereocenters. The van der Waals surface area contributed by atoms with Crippen LogP contribution in [-0.4, -0.2) is 41.9 Å². The zero-order chi connectivity index (χ0) is 13.8. The van der Waals surface area contributed by atoms with Crippen molar-refractivity contribution in [2.24, 2.45) is 5.92 Å². The van der Waals surface area contributed by atoms with Gasteiger partial charge in [0.25, 0.3) is 0 Å². The van der Waals surface area contributed by atoms with Crippen molar-refractivity contribution in [3.63, 3.8) is 0 Å². The van der Waals surface area contributed by atoms with E-state index in [9.17, 15) is 5.11 Å². The standard InChI is InChI=1S/C14H23N3O2/c1-10(2)14-15-6-13(12(8-18)16-14)17-5-4-11(7-17)9-19-3/h6,10-11,18H,4-5,7-9H2,1-3H3. The molecule has 5 nitrogen and oxygen atoms in total. The first-order chi connectivity index (χ1) is 9.15. The van der Waals surface area contributed by atoms with Gasteiger partial charge in [0.05, 0.1) is 30.8 Å². The molecule has 0 spiro atoms. The van der Waals surface area contributed by atoms with Crippen molar-refractivity contribution in [3.05, 3.63) is 17.7 Å². The van der Waals surface area contributed by atoms with Gasteiger partial charge < -0.3 is 14.7 Å². The average Bonchev–Trinajstić information content (AvgIpc) is 2.86. The number of methoxy groups -OCH3 is 1. The third-order valence-corrected chi connectivity index (χ3v) is 3.56. The van der Waals surface area contributed by atoms with Gasteiger partial charge in [0.15, 0.2) is 0 Å². The Morgan fingerprint density at radius 2 is 2.32 bits per heavy atom. The topological polar surface area (TPSA) is 58.5 Å². The van der Waals surface area contributed by atoms with Gasteiger partial charge in [0.1, 0.15) is 5.82 Å². The quantitative estimate of drug-likeness (QED) is 0.875. The van der Waals surface area contributed by atoms with Crippen LogP contribution in [0, 0.1) is 5.92 Å². The molecule has 0 radical (unpaired) electrons. The van der Waals surface area contributed by atoms with Gasteiger partial charge >= 0.3 is 0 Å². The first-order valence-corrected chi connectivity index (χ1v) is 6.86. The van der Waals surface area contributed by atoms with E-state index in [0.717, 1.165) is 43.3 Å². The highest BCUT2D eigenvalue weighted by molar-refractivity contribution is 5.49. The van der Waals surface area contributed by atoms with E-state index in [-0.39, 0.29) is 12.5 Å². The maximum atomic E-state index is 9.51. The number of nitrogens with zero attached hydrogens (tertiary/aromatic N) is 3. The molecule has 1 saturated heterocycles. The Hall–Kier alpha value is -1.20. The highest BCUT2D eigenvalue weighted by Crippen LogP contribution is 2.26. The summed E-state index contributed by atoms with van der Waals surface area (Å²) < 4.78 is 5.21.